The SMILES string of the molecule is CNc1cc(C(=O)N2CCC(CCO)C2)cc(C)n1. The highest BCUT2D eigenvalue weighted by molar-refractivity contribution is 5.95. The van der Waals surface area contributed by atoms with Crippen LogP contribution in [0.15, 0.2) is 12.1 Å². The molecule has 104 valence electrons. The molecule has 5 nitrogen and oxygen atoms in total. The molecule has 0 bridgehead atoms. The van der Waals surface area contributed by atoms with Gasteiger partial charge in [-0.3, -0.25) is 4.79 Å². The van der Waals surface area contributed by atoms with Crippen molar-refractivity contribution in [2.24, 2.45) is 5.92 Å². The van der Waals surface area contributed by atoms with E-state index in [0.29, 0.717) is 11.5 Å². The van der Waals surface area contributed by atoms with E-state index in [2.05, 4.69) is 10.3 Å². The second kappa shape index (κ2) is 6.02. The van der Waals surface area contributed by atoms with Gasteiger partial charge < -0.3 is 15.3 Å². The fraction of sp³-hybridized carbons (Fsp3) is 0.571. The van der Waals surface area contributed by atoms with Gasteiger partial charge in [-0.15, -0.1) is 0 Å². The molecule has 0 aromatic carbocycles. The van der Waals surface area contributed by atoms with Gasteiger partial charge in [0.25, 0.3) is 5.91 Å². The molecule has 1 aromatic rings. The van der Waals surface area contributed by atoms with Crippen LogP contribution in [0.1, 0.15) is 28.9 Å². The molecule has 1 atom stereocenters. The van der Waals surface area contributed by atoms with Gasteiger partial charge in [0.1, 0.15) is 5.82 Å². The van der Waals surface area contributed by atoms with E-state index in [1.807, 2.05) is 17.9 Å². The van der Waals surface area contributed by atoms with Crippen LogP contribution < -0.4 is 5.32 Å². The molecule has 0 aliphatic carbocycles. The maximum absolute atomic E-state index is 12.4. The standard InChI is InChI=1S/C14H21N3O2/c1-10-7-12(8-13(15-2)16-10)14(19)17-5-3-11(9-17)4-6-18/h7-8,11,18H,3-6,9H2,1-2H3,(H,15,16). The van der Waals surface area contributed by atoms with Gasteiger partial charge in [-0.1, -0.05) is 0 Å². The molecule has 5 heteroatoms. The van der Waals surface area contributed by atoms with Crippen LogP contribution in [0.2, 0.25) is 0 Å². The van der Waals surface area contributed by atoms with Crippen LogP contribution in [-0.4, -0.2) is 47.6 Å². The summed E-state index contributed by atoms with van der Waals surface area (Å²) in [7, 11) is 1.79. The van der Waals surface area contributed by atoms with Gasteiger partial charge >= 0.3 is 0 Å². The Morgan fingerprint density at radius 2 is 2.37 bits per heavy atom. The fourth-order valence-electron chi connectivity index (χ4n) is 2.54. The number of rotatable bonds is 4. The molecule has 19 heavy (non-hydrogen) atoms. The Kier molecular flexibility index (Phi) is 4.37. The summed E-state index contributed by atoms with van der Waals surface area (Å²) in [5.41, 5.74) is 1.52. The Labute approximate surface area is 113 Å². The van der Waals surface area contributed by atoms with Crippen LogP contribution in [-0.2, 0) is 0 Å². The van der Waals surface area contributed by atoms with E-state index in [-0.39, 0.29) is 12.5 Å². The summed E-state index contributed by atoms with van der Waals surface area (Å²) < 4.78 is 0. The van der Waals surface area contributed by atoms with E-state index in [1.54, 1.807) is 13.1 Å². The van der Waals surface area contributed by atoms with Gasteiger partial charge in [-0.2, -0.15) is 0 Å². The molecule has 1 unspecified atom stereocenters. The summed E-state index contributed by atoms with van der Waals surface area (Å²) in [6.45, 7) is 3.61. The van der Waals surface area contributed by atoms with Crippen molar-refractivity contribution in [3.05, 3.63) is 23.4 Å². The maximum atomic E-state index is 12.4. The molecule has 0 spiro atoms. The van der Waals surface area contributed by atoms with Crippen LogP contribution >= 0.6 is 0 Å². The molecule has 1 saturated heterocycles. The zero-order valence-corrected chi connectivity index (χ0v) is 11.5. The van der Waals surface area contributed by atoms with Crippen LogP contribution in [0.4, 0.5) is 5.82 Å². The summed E-state index contributed by atoms with van der Waals surface area (Å²) in [4.78, 5) is 18.6. The summed E-state index contributed by atoms with van der Waals surface area (Å²) >= 11 is 0. The lowest BCUT2D eigenvalue weighted by Crippen LogP contribution is -2.29. The average molecular weight is 263 g/mol. The molecule has 2 rings (SSSR count). The first kappa shape index (κ1) is 13.8. The number of carbonyl (C=O) groups excluding carboxylic acids is 1. The van der Waals surface area contributed by atoms with Crippen molar-refractivity contribution >= 4 is 11.7 Å². The van der Waals surface area contributed by atoms with Gasteiger partial charge in [0.15, 0.2) is 0 Å². The number of aromatic nitrogens is 1. The van der Waals surface area contributed by atoms with Crippen molar-refractivity contribution in [1.29, 1.82) is 0 Å². The lowest BCUT2D eigenvalue weighted by molar-refractivity contribution is 0.0784. The Morgan fingerprint density at radius 3 is 3.05 bits per heavy atom. The number of likely N-dealkylation sites (tertiary alicyclic amines) is 1. The maximum Gasteiger partial charge on any atom is 0.254 e. The lowest BCUT2D eigenvalue weighted by Gasteiger charge is -2.17. The minimum absolute atomic E-state index is 0.0578. The molecule has 1 fully saturated rings. The predicted octanol–water partition coefficient (Wildman–Crippen LogP) is 1.28. The zero-order chi connectivity index (χ0) is 13.8. The number of aliphatic hydroxyl groups is 1. The van der Waals surface area contributed by atoms with Gasteiger partial charge in [-0.25, -0.2) is 4.98 Å². The van der Waals surface area contributed by atoms with Crippen molar-refractivity contribution in [2.75, 3.05) is 32.1 Å². The van der Waals surface area contributed by atoms with Crippen molar-refractivity contribution in [3.8, 4) is 0 Å². The second-order valence-corrected chi connectivity index (χ2v) is 5.05. The van der Waals surface area contributed by atoms with Crippen molar-refractivity contribution in [2.45, 2.75) is 19.8 Å². The topological polar surface area (TPSA) is 65.5 Å². The molecule has 0 saturated carbocycles. The van der Waals surface area contributed by atoms with E-state index < -0.39 is 0 Å². The lowest BCUT2D eigenvalue weighted by atomic mass is 10.1. The summed E-state index contributed by atoms with van der Waals surface area (Å²) in [6, 6.07) is 3.61. The van der Waals surface area contributed by atoms with E-state index in [0.717, 1.165) is 37.4 Å². The highest BCUT2D eigenvalue weighted by atomic mass is 16.3. The third-order valence-electron chi connectivity index (χ3n) is 3.57. The first-order valence-electron chi connectivity index (χ1n) is 6.70. The van der Waals surface area contributed by atoms with Gasteiger partial charge in [0.05, 0.1) is 0 Å². The smallest absolute Gasteiger partial charge is 0.254 e. The third-order valence-corrected chi connectivity index (χ3v) is 3.57. The molecule has 0 radical (unpaired) electrons. The molecule has 2 heterocycles. The first-order valence-corrected chi connectivity index (χ1v) is 6.70. The number of anilines is 1. The Morgan fingerprint density at radius 1 is 1.58 bits per heavy atom. The largest absolute Gasteiger partial charge is 0.396 e. The molecular formula is C14H21N3O2. The summed E-state index contributed by atoms with van der Waals surface area (Å²) in [5.74, 6) is 1.21. The molecule has 1 aliphatic heterocycles. The van der Waals surface area contributed by atoms with Gasteiger partial charge in [0, 0.05) is 38.0 Å². The number of aryl methyl sites for hydroxylation is 1. The zero-order valence-electron chi connectivity index (χ0n) is 11.5. The molecule has 2 N–H and O–H groups in total. The quantitative estimate of drug-likeness (QED) is 0.858. The Balaban J connectivity index is 2.10. The van der Waals surface area contributed by atoms with Crippen molar-refractivity contribution < 1.29 is 9.90 Å². The monoisotopic (exact) mass is 263 g/mol. The van der Waals surface area contributed by atoms with E-state index >= 15 is 0 Å². The fourth-order valence-corrected chi connectivity index (χ4v) is 2.54. The summed E-state index contributed by atoms with van der Waals surface area (Å²) in [5, 5.41) is 11.9. The Hall–Kier alpha value is -1.62. The number of nitrogens with zero attached hydrogens (tertiary/aromatic N) is 2. The number of carbonyl (C=O) groups is 1. The number of hydrogen-bond donors (Lipinski definition) is 2. The van der Waals surface area contributed by atoms with E-state index in [1.165, 1.54) is 0 Å². The third kappa shape index (κ3) is 3.23. The molecular weight excluding hydrogens is 242 g/mol. The van der Waals surface area contributed by atoms with Crippen LogP contribution in [0, 0.1) is 12.8 Å². The summed E-state index contributed by atoms with van der Waals surface area (Å²) in [6.07, 6.45) is 1.76. The van der Waals surface area contributed by atoms with Crippen molar-refractivity contribution in [3.63, 3.8) is 0 Å². The number of hydrogen-bond acceptors (Lipinski definition) is 4. The molecule has 1 amide bonds. The van der Waals surface area contributed by atoms with Crippen LogP contribution in [0.25, 0.3) is 0 Å². The van der Waals surface area contributed by atoms with Gasteiger partial charge in [-0.05, 0) is 37.8 Å². The average Bonchev–Trinajstić information content (AvgIpc) is 2.86. The minimum Gasteiger partial charge on any atom is -0.396 e. The van der Waals surface area contributed by atoms with Crippen LogP contribution in [0.3, 0.4) is 0 Å². The highest BCUT2D eigenvalue weighted by Crippen LogP contribution is 2.22. The van der Waals surface area contributed by atoms with E-state index in [9.17, 15) is 4.79 Å². The predicted molar refractivity (Wildman–Crippen MR) is 74.2 cm³/mol. The van der Waals surface area contributed by atoms with E-state index in [4.69, 9.17) is 5.11 Å². The van der Waals surface area contributed by atoms with Crippen molar-refractivity contribution in [1.82, 2.24) is 9.88 Å². The first-order chi connectivity index (χ1) is 9.13. The highest BCUT2D eigenvalue weighted by Gasteiger charge is 2.26. The minimum atomic E-state index is 0.0578. The molecule has 1 aliphatic rings. The number of pyridine rings is 1. The van der Waals surface area contributed by atoms with Crippen LogP contribution in [0.5, 0.6) is 0 Å². The number of aliphatic hydroxyl groups excluding tert-OH is 1. The Bertz CT molecular complexity index is 462. The molecule has 1 aromatic heterocycles. The number of nitrogens with one attached hydrogen (secondary N) is 1. The number of amides is 1. The normalized spacial score (nSPS) is 18.7. The second-order valence-electron chi connectivity index (χ2n) is 5.05. The van der Waals surface area contributed by atoms with Gasteiger partial charge in [0.2, 0.25) is 0 Å².